The smallest absolute Gasteiger partial charge is 0.312 e. The molecule has 0 radical (unpaired) electrons. The molecule has 196 valence electrons. The van der Waals surface area contributed by atoms with Gasteiger partial charge in [-0.2, -0.15) is 0 Å². The Morgan fingerprint density at radius 1 is 0.800 bits per heavy atom. The molecule has 35 heavy (non-hydrogen) atoms. The quantitative estimate of drug-likeness (QED) is 0.297. The number of ether oxygens (including phenoxy) is 5. The molecule has 3 rings (SSSR count). The number of esters is 4. The number of allylic oxidation sites excluding steroid dienone is 1. The summed E-state index contributed by atoms with van der Waals surface area (Å²) in [7, 11) is 2.56. The average molecular weight is 513 g/mol. The molecule has 2 aliphatic heterocycles. The van der Waals surface area contributed by atoms with Crippen molar-refractivity contribution in [2.24, 2.45) is 29.6 Å². The van der Waals surface area contributed by atoms with Crippen molar-refractivity contribution in [3.05, 3.63) is 11.3 Å². The van der Waals surface area contributed by atoms with Crippen LogP contribution in [0.3, 0.4) is 0 Å². The van der Waals surface area contributed by atoms with Crippen LogP contribution in [0.4, 0.5) is 0 Å². The Kier molecular flexibility index (Phi) is 7.43. The van der Waals surface area contributed by atoms with E-state index >= 15 is 0 Å². The molecule has 0 spiro atoms. The molecule has 2 bridgehead atoms. The van der Waals surface area contributed by atoms with Gasteiger partial charge in [0.15, 0.2) is 0 Å². The summed E-state index contributed by atoms with van der Waals surface area (Å²) < 4.78 is 33.0. The summed E-state index contributed by atoms with van der Waals surface area (Å²) in [6, 6.07) is 0. The van der Waals surface area contributed by atoms with Crippen LogP contribution in [0.2, 0.25) is 18.1 Å². The van der Waals surface area contributed by atoms with Crippen molar-refractivity contribution in [3.8, 4) is 0 Å². The van der Waals surface area contributed by atoms with Gasteiger partial charge in [0.25, 0.3) is 0 Å². The molecule has 10 nitrogen and oxygen atoms in total. The van der Waals surface area contributed by atoms with Crippen molar-refractivity contribution in [2.75, 3.05) is 28.4 Å². The van der Waals surface area contributed by atoms with Crippen molar-refractivity contribution in [3.63, 3.8) is 0 Å². The molecule has 3 aliphatic rings. The lowest BCUT2D eigenvalue weighted by Crippen LogP contribution is -2.53. The van der Waals surface area contributed by atoms with E-state index in [9.17, 15) is 19.2 Å². The summed E-state index contributed by atoms with van der Waals surface area (Å²) in [6.07, 6.45) is -1.66. The second kappa shape index (κ2) is 9.57. The molecule has 7 atom stereocenters. The van der Waals surface area contributed by atoms with Gasteiger partial charge < -0.3 is 28.1 Å². The summed E-state index contributed by atoms with van der Waals surface area (Å²) in [5.74, 6) is -6.54. The summed E-state index contributed by atoms with van der Waals surface area (Å²) in [6.45, 7) is 10.4. The minimum atomic E-state index is -2.40. The van der Waals surface area contributed by atoms with Crippen LogP contribution < -0.4 is 0 Å². The van der Waals surface area contributed by atoms with Gasteiger partial charge in [-0.15, -0.1) is 0 Å². The molecular formula is C24H36O10Si. The summed E-state index contributed by atoms with van der Waals surface area (Å²) >= 11 is 0. The third-order valence-corrected chi connectivity index (χ3v) is 12.4. The first kappa shape index (κ1) is 27.2. The zero-order chi connectivity index (χ0) is 26.5. The first-order valence-corrected chi connectivity index (χ1v) is 14.5. The Labute approximate surface area is 206 Å². The highest BCUT2D eigenvalue weighted by Crippen LogP contribution is 2.59. The summed E-state index contributed by atoms with van der Waals surface area (Å²) in [5.41, 5.74) is 0.617. The van der Waals surface area contributed by atoms with Crippen LogP contribution >= 0.6 is 0 Å². The van der Waals surface area contributed by atoms with E-state index in [1.54, 1.807) is 0 Å². The molecule has 0 amide bonds. The van der Waals surface area contributed by atoms with Crippen LogP contribution in [0.15, 0.2) is 11.3 Å². The summed E-state index contributed by atoms with van der Waals surface area (Å²) in [5, 5.41) is -0.162. The van der Waals surface area contributed by atoms with Gasteiger partial charge in [-0.3, -0.25) is 19.2 Å². The van der Waals surface area contributed by atoms with Gasteiger partial charge >= 0.3 is 23.9 Å². The van der Waals surface area contributed by atoms with E-state index < -0.39 is 74.0 Å². The predicted molar refractivity (Wildman–Crippen MR) is 124 cm³/mol. The second-order valence-corrected chi connectivity index (χ2v) is 15.5. The number of carbonyl (C=O) groups is 4. The molecule has 0 saturated carbocycles. The van der Waals surface area contributed by atoms with Gasteiger partial charge in [0.05, 0.1) is 64.2 Å². The number of methoxy groups -OCH3 is 4. The Morgan fingerprint density at radius 3 is 1.77 bits per heavy atom. The van der Waals surface area contributed by atoms with Crippen molar-refractivity contribution < 1.29 is 47.3 Å². The zero-order valence-corrected chi connectivity index (χ0v) is 22.8. The molecule has 0 aromatic heterocycles. The standard InChI is InChI=1S/C24H36O10Si/c1-24(2,3)35(8,9)34-12-10-11(20(25)29-4)13(21(26)30-5)15-14(12)18-16(22(27)31-6)17(19(15)33-18)23(28)32-7/h11,13,15-19H,10H2,1-9H3/t11?,13?,15-,16-,17+,18+,19-/m0/s1. The lowest BCUT2D eigenvalue weighted by atomic mass is 9.60. The van der Waals surface area contributed by atoms with Gasteiger partial charge in [0, 0.05) is 17.9 Å². The molecule has 2 fully saturated rings. The number of hydrogen-bond donors (Lipinski definition) is 0. The van der Waals surface area contributed by atoms with E-state index in [2.05, 4.69) is 33.9 Å². The fourth-order valence-electron chi connectivity index (χ4n) is 5.32. The highest BCUT2D eigenvalue weighted by Gasteiger charge is 2.68. The van der Waals surface area contributed by atoms with Gasteiger partial charge in [0.2, 0.25) is 8.32 Å². The lowest BCUT2D eigenvalue weighted by molar-refractivity contribution is -0.164. The first-order valence-electron chi connectivity index (χ1n) is 11.6. The molecule has 2 heterocycles. The van der Waals surface area contributed by atoms with Gasteiger partial charge in [-0.1, -0.05) is 20.8 Å². The highest BCUT2D eigenvalue weighted by molar-refractivity contribution is 6.74. The van der Waals surface area contributed by atoms with E-state index in [0.717, 1.165) is 0 Å². The third-order valence-electron chi connectivity index (χ3n) is 8.05. The Morgan fingerprint density at radius 2 is 1.29 bits per heavy atom. The van der Waals surface area contributed by atoms with Crippen LogP contribution in [0.5, 0.6) is 0 Å². The molecule has 1 aliphatic carbocycles. The zero-order valence-electron chi connectivity index (χ0n) is 21.8. The van der Waals surface area contributed by atoms with Crippen LogP contribution in [0.1, 0.15) is 27.2 Å². The maximum Gasteiger partial charge on any atom is 0.312 e. The lowest BCUT2D eigenvalue weighted by Gasteiger charge is -2.45. The molecule has 0 N–H and O–H groups in total. The Bertz CT molecular complexity index is 933. The van der Waals surface area contributed by atoms with Crippen LogP contribution in [0.25, 0.3) is 0 Å². The van der Waals surface area contributed by atoms with E-state index in [-0.39, 0.29) is 11.5 Å². The van der Waals surface area contributed by atoms with Crippen LogP contribution in [-0.2, 0) is 47.3 Å². The largest absolute Gasteiger partial charge is 0.546 e. The molecular weight excluding hydrogens is 476 g/mol. The number of fused-ring (bicyclic) bond motifs is 5. The van der Waals surface area contributed by atoms with E-state index in [0.29, 0.717) is 11.3 Å². The predicted octanol–water partition coefficient (Wildman–Crippen LogP) is 2.22. The maximum atomic E-state index is 13.0. The van der Waals surface area contributed by atoms with E-state index in [4.69, 9.17) is 28.1 Å². The van der Waals surface area contributed by atoms with Crippen molar-refractivity contribution in [2.45, 2.75) is 57.5 Å². The molecule has 0 aromatic rings. The van der Waals surface area contributed by atoms with E-state index in [1.165, 1.54) is 28.4 Å². The molecule has 2 saturated heterocycles. The molecule has 2 unspecified atom stereocenters. The Balaban J connectivity index is 2.24. The minimum Gasteiger partial charge on any atom is -0.546 e. The van der Waals surface area contributed by atoms with Crippen LogP contribution in [0, 0.1) is 29.6 Å². The normalized spacial score (nSPS) is 32.0. The van der Waals surface area contributed by atoms with Crippen molar-refractivity contribution in [1.82, 2.24) is 0 Å². The maximum absolute atomic E-state index is 13.0. The fraction of sp³-hybridized carbons (Fsp3) is 0.750. The monoisotopic (exact) mass is 512 g/mol. The number of rotatable bonds is 6. The Hall–Kier alpha value is -2.40. The van der Waals surface area contributed by atoms with Gasteiger partial charge in [-0.25, -0.2) is 0 Å². The molecule has 11 heteroatoms. The SMILES string of the molecule is COC(=O)C1CC(O[Si](C)(C)C(C)(C)C)=C2[C@H]3O[C@H]([C@H](C(=O)OC)[C@@H]3C(=O)OC)[C@H]2C1C(=O)OC. The van der Waals surface area contributed by atoms with Gasteiger partial charge in [-0.05, 0) is 18.1 Å². The van der Waals surface area contributed by atoms with E-state index in [1.807, 2.05) is 0 Å². The molecule has 0 aromatic carbocycles. The third kappa shape index (κ3) is 4.37. The average Bonchev–Trinajstić information content (AvgIpc) is 3.38. The van der Waals surface area contributed by atoms with Crippen molar-refractivity contribution in [1.29, 1.82) is 0 Å². The topological polar surface area (TPSA) is 124 Å². The minimum absolute atomic E-state index is 0.0914. The van der Waals surface area contributed by atoms with Crippen LogP contribution in [-0.4, -0.2) is 72.8 Å². The highest BCUT2D eigenvalue weighted by atomic mass is 28.4. The first-order chi connectivity index (χ1) is 16.2. The van der Waals surface area contributed by atoms with Gasteiger partial charge in [0.1, 0.15) is 5.92 Å². The second-order valence-electron chi connectivity index (χ2n) is 10.8. The number of carbonyl (C=O) groups excluding carboxylic acids is 4. The number of hydrogen-bond acceptors (Lipinski definition) is 10. The summed E-state index contributed by atoms with van der Waals surface area (Å²) in [4.78, 5) is 51.6. The van der Waals surface area contributed by atoms with Crippen molar-refractivity contribution >= 4 is 32.2 Å². The fourth-order valence-corrected chi connectivity index (χ4v) is 6.45.